The quantitative estimate of drug-likeness (QED) is 0.711. The van der Waals surface area contributed by atoms with Crippen molar-refractivity contribution in [1.82, 2.24) is 0 Å². The third kappa shape index (κ3) is 4.47. The number of carbonyl (C=O) groups excluding carboxylic acids is 1. The molecule has 1 unspecified atom stereocenters. The molecule has 1 rings (SSSR count). The predicted octanol–water partition coefficient (Wildman–Crippen LogP) is 3.38. The van der Waals surface area contributed by atoms with Crippen LogP contribution in [0.15, 0.2) is 30.3 Å². The monoisotopic (exact) mass is 220 g/mol. The highest BCUT2D eigenvalue weighted by molar-refractivity contribution is 5.37. The van der Waals surface area contributed by atoms with E-state index < -0.39 is 0 Å². The first-order valence-corrected chi connectivity index (χ1v) is 5.63. The van der Waals surface area contributed by atoms with Crippen LogP contribution in [0.2, 0.25) is 0 Å². The summed E-state index contributed by atoms with van der Waals surface area (Å²) in [6, 6.07) is 10.2. The van der Waals surface area contributed by atoms with Crippen molar-refractivity contribution in [3.8, 4) is 0 Å². The maximum atomic E-state index is 10.3. The molecule has 0 aromatic heterocycles. The van der Waals surface area contributed by atoms with Crippen LogP contribution in [-0.4, -0.2) is 13.1 Å². The molecular formula is C14H20O2. The molecule has 0 N–H and O–H groups in total. The Balaban J connectivity index is 2.75. The zero-order valence-corrected chi connectivity index (χ0v) is 10.3. The maximum Gasteiger partial charge on any atom is 0.293 e. The molecule has 0 aliphatic carbocycles. The van der Waals surface area contributed by atoms with E-state index in [-0.39, 0.29) is 11.3 Å². The van der Waals surface area contributed by atoms with Gasteiger partial charge in [-0.1, -0.05) is 51.1 Å². The van der Waals surface area contributed by atoms with E-state index in [4.69, 9.17) is 4.74 Å². The highest BCUT2D eigenvalue weighted by Gasteiger charge is 2.20. The van der Waals surface area contributed by atoms with Gasteiger partial charge in [0.15, 0.2) is 0 Å². The summed E-state index contributed by atoms with van der Waals surface area (Å²) in [7, 11) is 0. The molecule has 0 saturated carbocycles. The Hall–Kier alpha value is -1.31. The molecule has 0 heterocycles. The third-order valence-corrected chi connectivity index (χ3v) is 2.50. The number of rotatable bonds is 5. The second kappa shape index (κ2) is 5.69. The first-order valence-electron chi connectivity index (χ1n) is 5.63. The van der Waals surface area contributed by atoms with Gasteiger partial charge in [0.25, 0.3) is 6.47 Å². The molecule has 88 valence electrons. The van der Waals surface area contributed by atoms with E-state index in [2.05, 4.69) is 32.9 Å². The van der Waals surface area contributed by atoms with Gasteiger partial charge in [-0.3, -0.25) is 4.79 Å². The van der Waals surface area contributed by atoms with Gasteiger partial charge in [0.1, 0.15) is 0 Å². The zero-order valence-electron chi connectivity index (χ0n) is 10.3. The van der Waals surface area contributed by atoms with Gasteiger partial charge in [0.2, 0.25) is 0 Å². The van der Waals surface area contributed by atoms with Gasteiger partial charge in [0, 0.05) is 5.92 Å². The van der Waals surface area contributed by atoms with Crippen molar-refractivity contribution in [2.75, 3.05) is 6.61 Å². The van der Waals surface area contributed by atoms with Gasteiger partial charge >= 0.3 is 0 Å². The maximum absolute atomic E-state index is 10.3. The van der Waals surface area contributed by atoms with Crippen molar-refractivity contribution in [3.63, 3.8) is 0 Å². The summed E-state index contributed by atoms with van der Waals surface area (Å²) >= 11 is 0. The molecule has 16 heavy (non-hydrogen) atoms. The van der Waals surface area contributed by atoms with Crippen LogP contribution in [0.25, 0.3) is 0 Å². The molecule has 0 amide bonds. The summed E-state index contributed by atoms with van der Waals surface area (Å²) in [6.45, 7) is 7.58. The first-order chi connectivity index (χ1) is 7.53. The summed E-state index contributed by atoms with van der Waals surface area (Å²) < 4.78 is 4.92. The van der Waals surface area contributed by atoms with Crippen LogP contribution in [0.4, 0.5) is 0 Å². The highest BCUT2D eigenvalue weighted by Crippen LogP contribution is 2.31. The number of hydrogen-bond acceptors (Lipinski definition) is 2. The van der Waals surface area contributed by atoms with E-state index in [9.17, 15) is 4.79 Å². The minimum Gasteiger partial charge on any atom is -0.467 e. The Morgan fingerprint density at radius 1 is 1.25 bits per heavy atom. The molecule has 1 aromatic rings. The molecular weight excluding hydrogens is 200 g/mol. The smallest absolute Gasteiger partial charge is 0.293 e. The largest absolute Gasteiger partial charge is 0.467 e. The average molecular weight is 220 g/mol. The Bertz CT molecular complexity index is 311. The van der Waals surface area contributed by atoms with Gasteiger partial charge < -0.3 is 4.74 Å². The van der Waals surface area contributed by atoms with Gasteiger partial charge in [-0.15, -0.1) is 0 Å². The summed E-state index contributed by atoms with van der Waals surface area (Å²) in [4.78, 5) is 10.3. The molecule has 0 bridgehead atoms. The molecule has 0 saturated heterocycles. The lowest BCUT2D eigenvalue weighted by Gasteiger charge is -2.25. The molecule has 0 radical (unpaired) electrons. The van der Waals surface area contributed by atoms with Crippen LogP contribution in [0.5, 0.6) is 0 Å². The second-order valence-electron chi connectivity index (χ2n) is 5.30. The van der Waals surface area contributed by atoms with Crippen molar-refractivity contribution in [3.05, 3.63) is 35.9 Å². The first kappa shape index (κ1) is 12.8. The van der Waals surface area contributed by atoms with E-state index in [1.807, 2.05) is 18.2 Å². The van der Waals surface area contributed by atoms with Gasteiger partial charge in [-0.25, -0.2) is 0 Å². The molecule has 0 aliphatic heterocycles. The standard InChI is InChI=1S/C14H20O2/c1-14(2,3)9-13(10-16-11-15)12-7-5-4-6-8-12/h4-8,11,13H,9-10H2,1-3H3. The topological polar surface area (TPSA) is 26.3 Å². The molecule has 0 fully saturated rings. The van der Waals surface area contributed by atoms with Crippen LogP contribution >= 0.6 is 0 Å². The number of carbonyl (C=O) groups is 1. The van der Waals surface area contributed by atoms with E-state index in [1.165, 1.54) is 5.56 Å². The molecule has 1 atom stereocenters. The molecule has 0 aliphatic rings. The van der Waals surface area contributed by atoms with Crippen molar-refractivity contribution < 1.29 is 9.53 Å². The van der Waals surface area contributed by atoms with E-state index >= 15 is 0 Å². The van der Waals surface area contributed by atoms with Crippen LogP contribution < -0.4 is 0 Å². The summed E-state index contributed by atoms with van der Waals surface area (Å²) in [5.74, 6) is 0.284. The van der Waals surface area contributed by atoms with Crippen LogP contribution in [0, 0.1) is 5.41 Å². The Labute approximate surface area is 97.6 Å². The Morgan fingerprint density at radius 2 is 1.88 bits per heavy atom. The average Bonchev–Trinajstić information content (AvgIpc) is 2.24. The normalized spacial score (nSPS) is 13.2. The second-order valence-corrected chi connectivity index (χ2v) is 5.30. The van der Waals surface area contributed by atoms with Gasteiger partial charge in [-0.05, 0) is 17.4 Å². The molecule has 1 aromatic carbocycles. The minimum absolute atomic E-state index is 0.229. The predicted molar refractivity (Wildman–Crippen MR) is 65.3 cm³/mol. The summed E-state index contributed by atoms with van der Waals surface area (Å²) in [5.41, 5.74) is 1.46. The third-order valence-electron chi connectivity index (χ3n) is 2.50. The van der Waals surface area contributed by atoms with Gasteiger partial charge in [0.05, 0.1) is 6.61 Å². The van der Waals surface area contributed by atoms with E-state index in [0.29, 0.717) is 13.1 Å². The lowest BCUT2D eigenvalue weighted by atomic mass is 9.82. The summed E-state index contributed by atoms with van der Waals surface area (Å²) in [6.07, 6.45) is 1.00. The molecule has 2 nitrogen and oxygen atoms in total. The van der Waals surface area contributed by atoms with Crippen LogP contribution in [0.1, 0.15) is 38.7 Å². The molecule has 2 heteroatoms. The number of ether oxygens (including phenoxy) is 1. The fourth-order valence-electron chi connectivity index (χ4n) is 1.89. The summed E-state index contributed by atoms with van der Waals surface area (Å²) in [5, 5.41) is 0. The lowest BCUT2D eigenvalue weighted by molar-refractivity contribution is -0.129. The number of hydrogen-bond donors (Lipinski definition) is 0. The number of benzene rings is 1. The Morgan fingerprint density at radius 3 is 2.38 bits per heavy atom. The fraction of sp³-hybridized carbons (Fsp3) is 0.500. The van der Waals surface area contributed by atoms with Crippen molar-refractivity contribution in [2.45, 2.75) is 33.1 Å². The van der Waals surface area contributed by atoms with Crippen LogP contribution in [-0.2, 0) is 9.53 Å². The van der Waals surface area contributed by atoms with Crippen LogP contribution in [0.3, 0.4) is 0 Å². The highest BCUT2D eigenvalue weighted by atomic mass is 16.5. The SMILES string of the molecule is CC(C)(C)CC(COC=O)c1ccccc1. The van der Waals surface area contributed by atoms with Crippen molar-refractivity contribution >= 4 is 6.47 Å². The molecule has 0 spiro atoms. The fourth-order valence-corrected chi connectivity index (χ4v) is 1.89. The van der Waals surface area contributed by atoms with E-state index in [1.54, 1.807) is 0 Å². The van der Waals surface area contributed by atoms with E-state index in [0.717, 1.165) is 6.42 Å². The van der Waals surface area contributed by atoms with Gasteiger partial charge in [-0.2, -0.15) is 0 Å². The lowest BCUT2D eigenvalue weighted by Crippen LogP contribution is -2.16. The zero-order chi connectivity index (χ0) is 12.0. The Kier molecular flexibility index (Phi) is 4.53. The van der Waals surface area contributed by atoms with Crippen molar-refractivity contribution in [2.24, 2.45) is 5.41 Å². The minimum atomic E-state index is 0.229. The van der Waals surface area contributed by atoms with Crippen molar-refractivity contribution in [1.29, 1.82) is 0 Å².